The summed E-state index contributed by atoms with van der Waals surface area (Å²) >= 11 is 0. The Bertz CT molecular complexity index is 749. The van der Waals surface area contributed by atoms with E-state index >= 15 is 0 Å². The van der Waals surface area contributed by atoms with Gasteiger partial charge in [0, 0.05) is 45.0 Å². The Labute approximate surface area is 151 Å². The van der Waals surface area contributed by atoms with Crippen LogP contribution in [0.25, 0.3) is 0 Å². The predicted octanol–water partition coefficient (Wildman–Crippen LogP) is 0.985. The Kier molecular flexibility index (Phi) is 5.42. The molecule has 2 aromatic heterocycles. The first-order valence-electron chi connectivity index (χ1n) is 8.44. The van der Waals surface area contributed by atoms with E-state index in [0.29, 0.717) is 5.95 Å². The van der Waals surface area contributed by atoms with E-state index in [1.165, 1.54) is 0 Å². The van der Waals surface area contributed by atoms with Gasteiger partial charge in [0.25, 0.3) is 0 Å². The zero-order chi connectivity index (χ0) is 18.5. The van der Waals surface area contributed by atoms with Gasteiger partial charge in [-0.25, -0.2) is 9.97 Å². The van der Waals surface area contributed by atoms with E-state index in [2.05, 4.69) is 30.1 Å². The number of piperazine rings is 1. The summed E-state index contributed by atoms with van der Waals surface area (Å²) in [6, 6.07) is 6.02. The predicted molar refractivity (Wildman–Crippen MR) is 99.1 cm³/mol. The highest BCUT2D eigenvalue weighted by molar-refractivity contribution is 5.53. The maximum Gasteiger partial charge on any atom is 0.329 e. The van der Waals surface area contributed by atoms with E-state index in [1.807, 2.05) is 31.3 Å². The Balaban J connectivity index is 1.49. The van der Waals surface area contributed by atoms with Gasteiger partial charge in [0.05, 0.1) is 4.92 Å². The van der Waals surface area contributed by atoms with Crippen molar-refractivity contribution in [2.45, 2.75) is 13.0 Å². The highest BCUT2D eigenvalue weighted by atomic mass is 16.6. The Morgan fingerprint density at radius 3 is 2.69 bits per heavy atom. The smallest absolute Gasteiger partial charge is 0.329 e. The Morgan fingerprint density at radius 2 is 2.08 bits per heavy atom. The minimum atomic E-state index is -0.594. The summed E-state index contributed by atoms with van der Waals surface area (Å²) in [6.45, 7) is 6.55. The summed E-state index contributed by atoms with van der Waals surface area (Å²) < 4.78 is 0. The molecule has 1 aliphatic rings. The van der Waals surface area contributed by atoms with Gasteiger partial charge < -0.3 is 16.0 Å². The van der Waals surface area contributed by atoms with Crippen LogP contribution >= 0.6 is 0 Å². The van der Waals surface area contributed by atoms with Gasteiger partial charge in [-0.2, -0.15) is 4.98 Å². The Morgan fingerprint density at radius 1 is 1.31 bits per heavy atom. The van der Waals surface area contributed by atoms with Crippen LogP contribution < -0.4 is 16.0 Å². The van der Waals surface area contributed by atoms with Gasteiger partial charge in [0.15, 0.2) is 0 Å². The summed E-state index contributed by atoms with van der Waals surface area (Å²) in [5, 5.41) is 13.9. The summed E-state index contributed by atoms with van der Waals surface area (Å²) in [5.74, 6) is 1.17. The zero-order valence-electron chi connectivity index (χ0n) is 14.6. The van der Waals surface area contributed by atoms with Crippen molar-refractivity contribution in [1.29, 1.82) is 0 Å². The molecule has 0 saturated carbocycles. The van der Waals surface area contributed by atoms with Crippen LogP contribution in [0.15, 0.2) is 30.6 Å². The number of nitro groups is 1. The second kappa shape index (κ2) is 7.91. The van der Waals surface area contributed by atoms with Crippen LogP contribution in [0, 0.1) is 10.1 Å². The van der Waals surface area contributed by atoms with Crippen LogP contribution in [0.2, 0.25) is 0 Å². The molecule has 10 heteroatoms. The van der Waals surface area contributed by atoms with Crippen LogP contribution in [0.5, 0.6) is 0 Å². The number of aromatic nitrogens is 3. The number of nitrogens with one attached hydrogen (secondary N) is 1. The van der Waals surface area contributed by atoms with E-state index in [1.54, 1.807) is 0 Å². The number of hydrogen-bond acceptors (Lipinski definition) is 9. The van der Waals surface area contributed by atoms with Crippen LogP contribution in [-0.2, 0) is 0 Å². The van der Waals surface area contributed by atoms with E-state index in [-0.39, 0.29) is 17.5 Å². The number of hydrogen-bond donors (Lipinski definition) is 2. The standard InChI is InChI=1S/C16H22N8O2/c1-12(20-16-19-10-13(24(25)26)15(17)21-16)11-22-6-8-23(9-7-22)14-4-2-3-5-18-14/h2-5,10,12H,6-9,11H2,1H3,(H3,17,19,20,21). The third-order valence-electron chi connectivity index (χ3n) is 4.25. The molecule has 0 amide bonds. The summed E-state index contributed by atoms with van der Waals surface area (Å²) in [4.78, 5) is 27.1. The average molecular weight is 358 g/mol. The first-order valence-corrected chi connectivity index (χ1v) is 8.44. The number of nitrogens with zero attached hydrogens (tertiary/aromatic N) is 6. The van der Waals surface area contributed by atoms with Crippen LogP contribution in [-0.4, -0.2) is 63.5 Å². The van der Waals surface area contributed by atoms with Crippen LogP contribution in [0.1, 0.15) is 6.92 Å². The molecule has 3 heterocycles. The minimum absolute atomic E-state index is 0.0808. The molecule has 26 heavy (non-hydrogen) atoms. The summed E-state index contributed by atoms with van der Waals surface area (Å²) in [5.41, 5.74) is 5.31. The van der Waals surface area contributed by atoms with Crippen molar-refractivity contribution < 1.29 is 4.92 Å². The third kappa shape index (κ3) is 4.33. The van der Waals surface area contributed by atoms with E-state index < -0.39 is 4.92 Å². The molecule has 1 saturated heterocycles. The first-order chi connectivity index (χ1) is 12.5. The van der Waals surface area contributed by atoms with E-state index in [0.717, 1.165) is 44.7 Å². The van der Waals surface area contributed by atoms with Gasteiger partial charge >= 0.3 is 5.69 Å². The van der Waals surface area contributed by atoms with Crippen molar-refractivity contribution >= 4 is 23.3 Å². The lowest BCUT2D eigenvalue weighted by molar-refractivity contribution is -0.384. The van der Waals surface area contributed by atoms with Crippen molar-refractivity contribution in [2.75, 3.05) is 48.7 Å². The second-order valence-electron chi connectivity index (χ2n) is 6.24. The topological polar surface area (TPSA) is 126 Å². The molecule has 0 spiro atoms. The molecular formula is C16H22N8O2. The van der Waals surface area contributed by atoms with Gasteiger partial charge in [-0.05, 0) is 19.1 Å². The SMILES string of the molecule is CC(CN1CCN(c2ccccn2)CC1)Nc1ncc([N+](=O)[O-])c(N)n1. The molecule has 138 valence electrons. The quantitative estimate of drug-likeness (QED) is 0.574. The lowest BCUT2D eigenvalue weighted by Crippen LogP contribution is -2.49. The molecule has 3 N–H and O–H groups in total. The molecule has 0 aromatic carbocycles. The van der Waals surface area contributed by atoms with Gasteiger partial charge in [0.2, 0.25) is 11.8 Å². The molecule has 1 atom stereocenters. The van der Waals surface area contributed by atoms with Crippen LogP contribution in [0.3, 0.4) is 0 Å². The maximum absolute atomic E-state index is 10.8. The zero-order valence-corrected chi connectivity index (χ0v) is 14.6. The van der Waals surface area contributed by atoms with Crippen molar-refractivity contribution in [3.05, 3.63) is 40.7 Å². The van der Waals surface area contributed by atoms with E-state index in [4.69, 9.17) is 5.73 Å². The minimum Gasteiger partial charge on any atom is -0.378 e. The molecule has 1 aliphatic heterocycles. The van der Waals surface area contributed by atoms with Gasteiger partial charge in [-0.3, -0.25) is 15.0 Å². The molecule has 10 nitrogen and oxygen atoms in total. The second-order valence-corrected chi connectivity index (χ2v) is 6.24. The van der Waals surface area contributed by atoms with Gasteiger partial charge in [-0.1, -0.05) is 6.07 Å². The van der Waals surface area contributed by atoms with Gasteiger partial charge in [0.1, 0.15) is 12.0 Å². The number of anilines is 3. The molecule has 1 unspecified atom stereocenters. The largest absolute Gasteiger partial charge is 0.378 e. The number of nitrogen functional groups attached to an aromatic ring is 1. The number of pyridine rings is 1. The fourth-order valence-electron chi connectivity index (χ4n) is 2.95. The molecule has 0 aliphatic carbocycles. The fourth-order valence-corrected chi connectivity index (χ4v) is 2.95. The molecule has 0 radical (unpaired) electrons. The Hall–Kier alpha value is -3.01. The fraction of sp³-hybridized carbons (Fsp3) is 0.438. The van der Waals surface area contributed by atoms with Crippen molar-refractivity contribution in [1.82, 2.24) is 19.9 Å². The van der Waals surface area contributed by atoms with Crippen molar-refractivity contribution in [3.8, 4) is 0 Å². The number of rotatable bonds is 6. The van der Waals surface area contributed by atoms with Crippen molar-refractivity contribution in [2.24, 2.45) is 0 Å². The lowest BCUT2D eigenvalue weighted by Gasteiger charge is -2.36. The monoisotopic (exact) mass is 358 g/mol. The molecule has 3 rings (SSSR count). The van der Waals surface area contributed by atoms with Gasteiger partial charge in [-0.15, -0.1) is 0 Å². The molecule has 1 fully saturated rings. The van der Waals surface area contributed by atoms with Crippen molar-refractivity contribution in [3.63, 3.8) is 0 Å². The van der Waals surface area contributed by atoms with E-state index in [9.17, 15) is 10.1 Å². The summed E-state index contributed by atoms with van der Waals surface area (Å²) in [6.07, 6.45) is 2.94. The highest BCUT2D eigenvalue weighted by Gasteiger charge is 2.20. The normalized spacial score (nSPS) is 16.3. The molecule has 0 bridgehead atoms. The molecule has 2 aromatic rings. The number of nitrogens with two attached hydrogens (primary N) is 1. The summed E-state index contributed by atoms with van der Waals surface area (Å²) in [7, 11) is 0. The third-order valence-corrected chi connectivity index (χ3v) is 4.25. The highest BCUT2D eigenvalue weighted by Crippen LogP contribution is 2.19. The first kappa shape index (κ1) is 17.8. The molecular weight excluding hydrogens is 336 g/mol. The average Bonchev–Trinajstić information content (AvgIpc) is 2.63. The maximum atomic E-state index is 10.8. The van der Waals surface area contributed by atoms with Crippen LogP contribution in [0.4, 0.5) is 23.3 Å². The lowest BCUT2D eigenvalue weighted by atomic mass is 10.2.